The number of hydrogen-bond donors (Lipinski definition) is 2. The number of amides is 2. The molecule has 0 spiro atoms. The summed E-state index contributed by atoms with van der Waals surface area (Å²) in [4.78, 5) is 14.7. The number of aromatic nitrogens is 2. The van der Waals surface area contributed by atoms with Crippen molar-refractivity contribution in [1.29, 1.82) is 0 Å². The number of benzene rings is 4. The van der Waals surface area contributed by atoms with Crippen LogP contribution in [-0.2, 0) is 45.6 Å². The van der Waals surface area contributed by atoms with Crippen LogP contribution in [-0.4, -0.2) is 41.6 Å². The fraction of sp³-hybridized carbons (Fsp3) is 0.364. The number of fused-ring (bicyclic) bond motifs is 3. The fourth-order valence-electron chi connectivity index (χ4n) is 8.10. The highest BCUT2D eigenvalue weighted by atomic mass is 32.2. The Kier molecular flexibility index (Phi) is 9.86. The van der Waals surface area contributed by atoms with Crippen molar-refractivity contribution >= 4 is 30.0 Å². The summed E-state index contributed by atoms with van der Waals surface area (Å²) in [6.45, 7) is 11.8. The standard InChI is InChI=1S/C44H51N5O4SSi/c1-43(2,3)55(4,5)53-30-36-29-52-41-39(28-45-49(36)41)54(51,47-42(50)46-40-37-25-15-17-31(37)27-32-18-16-26-38(32)40)48-44(33-19-9-6-10-20-33,34-21-11-7-12-22-34)35-23-13-8-14-24-35/h6-14,19-24,27-28,36H,15-18,25-26,29-30H2,1-5H3,(H2,46,47,48,50,51). The fourth-order valence-corrected chi connectivity index (χ4v) is 11.0. The number of rotatable bonds is 10. The number of nitrogens with one attached hydrogen (secondary N) is 2. The molecule has 8 rings (SSSR count). The van der Waals surface area contributed by atoms with Crippen LogP contribution in [0.1, 0.15) is 78.6 Å². The SMILES string of the molecule is CC(C)(C)[Si](C)(C)OCC1COc2c(S(=O)(=NC(=O)Nc3c4c(cc5c3CCC5)CCC4)NC(c3ccccc3)(c3ccccc3)c3ccccc3)cnn21. The number of carbonyl (C=O) groups excluding carboxylic acids is 1. The second-order valence-electron chi connectivity index (χ2n) is 16.5. The first-order valence-electron chi connectivity index (χ1n) is 19.4. The van der Waals surface area contributed by atoms with Crippen molar-refractivity contribution in [2.45, 2.75) is 93.9 Å². The van der Waals surface area contributed by atoms with Gasteiger partial charge in [0.1, 0.15) is 23.1 Å². The lowest BCUT2D eigenvalue weighted by atomic mass is 9.78. The normalized spacial score (nSPS) is 17.5. The minimum Gasteiger partial charge on any atom is -0.475 e. The minimum atomic E-state index is -3.87. The number of hydrogen-bond acceptors (Lipinski definition) is 5. The second-order valence-corrected chi connectivity index (χ2v) is 23.2. The van der Waals surface area contributed by atoms with Gasteiger partial charge in [-0.15, -0.1) is 4.36 Å². The van der Waals surface area contributed by atoms with E-state index in [1.54, 1.807) is 10.9 Å². The number of aryl methyl sites for hydroxylation is 2. The summed E-state index contributed by atoms with van der Waals surface area (Å²) in [7, 11) is -5.95. The second kappa shape index (κ2) is 14.5. The van der Waals surface area contributed by atoms with Crippen LogP contribution < -0.4 is 14.8 Å². The molecule has 1 aromatic heterocycles. The third-order valence-corrected chi connectivity index (χ3v) is 18.4. The first-order valence-corrected chi connectivity index (χ1v) is 23.9. The Morgan fingerprint density at radius 1 is 0.873 bits per heavy atom. The van der Waals surface area contributed by atoms with Gasteiger partial charge in [-0.05, 0) is 95.6 Å². The first-order chi connectivity index (χ1) is 26.4. The van der Waals surface area contributed by atoms with Gasteiger partial charge in [-0.2, -0.15) is 5.10 Å². The van der Waals surface area contributed by atoms with Crippen LogP contribution in [0.5, 0.6) is 5.88 Å². The van der Waals surface area contributed by atoms with Gasteiger partial charge in [0.25, 0.3) is 0 Å². The summed E-state index contributed by atoms with van der Waals surface area (Å²) in [6, 6.07) is 31.2. The maximum atomic E-state index is 16.3. The Balaban J connectivity index is 1.29. The summed E-state index contributed by atoms with van der Waals surface area (Å²) in [5.41, 5.74) is 7.07. The zero-order valence-electron chi connectivity index (χ0n) is 32.4. The van der Waals surface area contributed by atoms with Gasteiger partial charge < -0.3 is 14.5 Å². The molecular formula is C44H51N5O4SSi. The summed E-state index contributed by atoms with van der Waals surface area (Å²) in [5.74, 6) is 0.322. The molecule has 5 aromatic rings. The molecule has 9 nitrogen and oxygen atoms in total. The topological polar surface area (TPSA) is 107 Å². The van der Waals surface area contributed by atoms with E-state index in [1.165, 1.54) is 22.3 Å². The Hall–Kier alpha value is -4.55. The molecular weight excluding hydrogens is 723 g/mol. The average molecular weight is 774 g/mol. The Morgan fingerprint density at radius 3 is 1.91 bits per heavy atom. The van der Waals surface area contributed by atoms with E-state index in [0.717, 1.165) is 60.9 Å². The molecule has 0 radical (unpaired) electrons. The van der Waals surface area contributed by atoms with E-state index in [4.69, 9.17) is 14.3 Å². The molecule has 11 heteroatoms. The maximum Gasteiger partial charge on any atom is 0.354 e. The van der Waals surface area contributed by atoms with Crippen molar-refractivity contribution in [2.24, 2.45) is 4.36 Å². The van der Waals surface area contributed by atoms with Crippen molar-refractivity contribution in [1.82, 2.24) is 14.5 Å². The average Bonchev–Trinajstić information content (AvgIpc) is 4.00. The van der Waals surface area contributed by atoms with Gasteiger partial charge in [-0.1, -0.05) is 118 Å². The van der Waals surface area contributed by atoms with Gasteiger partial charge >= 0.3 is 6.03 Å². The lowest BCUT2D eigenvalue weighted by Crippen LogP contribution is -2.48. The summed E-state index contributed by atoms with van der Waals surface area (Å²) >= 11 is 0. The molecule has 2 atom stereocenters. The zero-order chi connectivity index (χ0) is 38.4. The summed E-state index contributed by atoms with van der Waals surface area (Å²) < 4.78 is 39.3. The highest BCUT2D eigenvalue weighted by Gasteiger charge is 2.44. The van der Waals surface area contributed by atoms with E-state index < -0.39 is 29.8 Å². The molecule has 0 fully saturated rings. The largest absolute Gasteiger partial charge is 0.475 e. The predicted octanol–water partition coefficient (Wildman–Crippen LogP) is 9.37. The van der Waals surface area contributed by atoms with Crippen LogP contribution in [0.3, 0.4) is 0 Å². The molecule has 2 N–H and O–H groups in total. The molecule has 286 valence electrons. The Morgan fingerprint density at radius 2 is 1.40 bits per heavy atom. The van der Waals surface area contributed by atoms with E-state index in [9.17, 15) is 4.79 Å². The smallest absolute Gasteiger partial charge is 0.354 e. The monoisotopic (exact) mass is 773 g/mol. The quantitative estimate of drug-likeness (QED) is 0.109. The molecule has 55 heavy (non-hydrogen) atoms. The van der Waals surface area contributed by atoms with E-state index in [1.807, 2.05) is 91.0 Å². The molecule has 0 saturated heterocycles. The van der Waals surface area contributed by atoms with E-state index in [0.29, 0.717) is 19.1 Å². The van der Waals surface area contributed by atoms with Crippen molar-refractivity contribution in [3.8, 4) is 5.88 Å². The maximum absolute atomic E-state index is 16.3. The van der Waals surface area contributed by atoms with Gasteiger partial charge in [0.2, 0.25) is 5.88 Å². The van der Waals surface area contributed by atoms with Gasteiger partial charge in [-0.25, -0.2) is 18.4 Å². The van der Waals surface area contributed by atoms with Crippen LogP contribution in [0.25, 0.3) is 0 Å². The number of nitrogens with zero attached hydrogens (tertiary/aromatic N) is 3. The number of ether oxygens (including phenoxy) is 1. The lowest BCUT2D eigenvalue weighted by molar-refractivity contribution is 0.208. The van der Waals surface area contributed by atoms with Crippen LogP contribution in [0.4, 0.5) is 10.5 Å². The minimum absolute atomic E-state index is 0.0314. The van der Waals surface area contributed by atoms with Gasteiger partial charge in [0.15, 0.2) is 18.2 Å². The third kappa shape index (κ3) is 6.85. The highest BCUT2D eigenvalue weighted by molar-refractivity contribution is 7.92. The van der Waals surface area contributed by atoms with E-state index >= 15 is 4.21 Å². The molecule has 2 aliphatic carbocycles. The van der Waals surface area contributed by atoms with Gasteiger partial charge in [0.05, 0.1) is 12.8 Å². The summed E-state index contributed by atoms with van der Waals surface area (Å²) in [6.07, 6.45) is 7.42. The third-order valence-electron chi connectivity index (χ3n) is 12.0. The number of urea groups is 1. The molecule has 2 amide bonds. The Labute approximate surface area is 326 Å². The molecule has 4 aromatic carbocycles. The van der Waals surface area contributed by atoms with E-state index in [-0.39, 0.29) is 16.0 Å². The van der Waals surface area contributed by atoms with Crippen LogP contribution >= 0.6 is 0 Å². The van der Waals surface area contributed by atoms with Gasteiger partial charge in [0, 0.05) is 5.69 Å². The molecule has 1 aliphatic heterocycles. The van der Waals surface area contributed by atoms with E-state index in [2.05, 4.69) is 54.3 Å². The van der Waals surface area contributed by atoms with Gasteiger partial charge in [-0.3, -0.25) is 0 Å². The highest BCUT2D eigenvalue weighted by Crippen LogP contribution is 2.43. The Bertz CT molecular complexity index is 2200. The number of carbonyl (C=O) groups is 1. The van der Waals surface area contributed by atoms with Crippen molar-refractivity contribution in [3.05, 3.63) is 142 Å². The van der Waals surface area contributed by atoms with Crippen LogP contribution in [0.15, 0.2) is 113 Å². The molecule has 2 unspecified atom stereocenters. The van der Waals surface area contributed by atoms with Crippen molar-refractivity contribution < 1.29 is 18.2 Å². The molecule has 3 aliphatic rings. The van der Waals surface area contributed by atoms with Crippen molar-refractivity contribution in [3.63, 3.8) is 0 Å². The van der Waals surface area contributed by atoms with Crippen LogP contribution in [0, 0.1) is 0 Å². The molecule has 0 saturated carbocycles. The first kappa shape index (κ1) is 37.4. The predicted molar refractivity (Wildman–Crippen MR) is 221 cm³/mol. The lowest BCUT2D eigenvalue weighted by Gasteiger charge is -2.37. The molecule has 2 heterocycles. The number of anilines is 1. The molecule has 0 bridgehead atoms. The van der Waals surface area contributed by atoms with Crippen molar-refractivity contribution in [2.75, 3.05) is 18.5 Å². The van der Waals surface area contributed by atoms with Crippen LogP contribution in [0.2, 0.25) is 18.1 Å². The zero-order valence-corrected chi connectivity index (χ0v) is 34.2. The summed E-state index contributed by atoms with van der Waals surface area (Å²) in [5, 5.41) is 7.97.